The first kappa shape index (κ1) is 23.4. The van der Waals surface area contributed by atoms with E-state index in [9.17, 15) is 14.4 Å². The van der Waals surface area contributed by atoms with E-state index < -0.39 is 6.03 Å². The van der Waals surface area contributed by atoms with Gasteiger partial charge in [-0.15, -0.1) is 0 Å². The number of anilines is 3. The molecule has 4 aromatic rings. The van der Waals surface area contributed by atoms with Crippen molar-refractivity contribution in [3.8, 4) is 0 Å². The van der Waals surface area contributed by atoms with Crippen molar-refractivity contribution < 1.29 is 14.4 Å². The number of aromatic nitrogens is 1. The fraction of sp³-hybridized carbons (Fsp3) is 0.111. The van der Waals surface area contributed by atoms with E-state index in [2.05, 4.69) is 20.9 Å². The molecule has 0 atom stereocenters. The lowest BCUT2D eigenvalue weighted by atomic mass is 10.1. The van der Waals surface area contributed by atoms with E-state index in [1.165, 1.54) is 24.2 Å². The Hall–Kier alpha value is -4.72. The summed E-state index contributed by atoms with van der Waals surface area (Å²) in [7, 11) is 3.12. The number of aryl methyl sites for hydroxylation is 1. The lowest BCUT2D eigenvalue weighted by molar-refractivity contribution is 0.0957. The van der Waals surface area contributed by atoms with Gasteiger partial charge in [0.1, 0.15) is 5.69 Å². The fourth-order valence-corrected chi connectivity index (χ4v) is 3.66. The summed E-state index contributed by atoms with van der Waals surface area (Å²) in [6.45, 7) is 1.86. The maximum atomic E-state index is 13.0. The smallest absolute Gasteiger partial charge is 0.326 e. The lowest BCUT2D eigenvalue weighted by Crippen LogP contribution is -2.32. The van der Waals surface area contributed by atoms with E-state index in [-0.39, 0.29) is 17.5 Å². The zero-order chi connectivity index (χ0) is 24.9. The van der Waals surface area contributed by atoms with Gasteiger partial charge in [0.25, 0.3) is 11.8 Å². The van der Waals surface area contributed by atoms with Gasteiger partial charge >= 0.3 is 6.03 Å². The number of carbonyl (C=O) groups excluding carboxylic acids is 3. The van der Waals surface area contributed by atoms with Crippen LogP contribution in [0.5, 0.6) is 0 Å². The summed E-state index contributed by atoms with van der Waals surface area (Å²) >= 11 is 0. The third-order valence-electron chi connectivity index (χ3n) is 5.62. The van der Waals surface area contributed by atoms with E-state index in [0.717, 1.165) is 16.3 Å². The van der Waals surface area contributed by atoms with Crippen molar-refractivity contribution in [2.45, 2.75) is 6.92 Å². The van der Waals surface area contributed by atoms with Gasteiger partial charge in [-0.05, 0) is 59.7 Å². The Kier molecular flexibility index (Phi) is 6.73. The molecule has 0 aliphatic rings. The van der Waals surface area contributed by atoms with Crippen molar-refractivity contribution >= 4 is 45.7 Å². The summed E-state index contributed by atoms with van der Waals surface area (Å²) in [6.07, 6.45) is 1.45. The number of rotatable bonds is 5. The highest BCUT2D eigenvalue weighted by molar-refractivity contribution is 6.07. The Morgan fingerprint density at radius 1 is 0.800 bits per heavy atom. The molecule has 3 N–H and O–H groups in total. The Morgan fingerprint density at radius 3 is 2.31 bits per heavy atom. The molecule has 8 nitrogen and oxygen atoms in total. The maximum absolute atomic E-state index is 13.0. The van der Waals surface area contributed by atoms with Crippen molar-refractivity contribution in [3.63, 3.8) is 0 Å². The molecule has 0 radical (unpaired) electrons. The van der Waals surface area contributed by atoms with Crippen LogP contribution in [0, 0.1) is 6.92 Å². The van der Waals surface area contributed by atoms with Crippen LogP contribution in [0.25, 0.3) is 10.8 Å². The summed E-state index contributed by atoms with van der Waals surface area (Å²) < 4.78 is 0. The highest BCUT2D eigenvalue weighted by Gasteiger charge is 2.17. The Balaban J connectivity index is 1.51. The minimum atomic E-state index is -0.422. The molecule has 0 aliphatic carbocycles. The van der Waals surface area contributed by atoms with E-state index in [1.807, 2.05) is 49.4 Å². The van der Waals surface area contributed by atoms with Crippen molar-refractivity contribution in [1.82, 2.24) is 10.3 Å². The summed E-state index contributed by atoms with van der Waals surface area (Å²) in [6, 6.07) is 21.5. The first-order chi connectivity index (χ1) is 16.9. The Labute approximate surface area is 203 Å². The lowest BCUT2D eigenvalue weighted by Gasteiger charge is -2.21. The zero-order valence-electron chi connectivity index (χ0n) is 19.6. The first-order valence-corrected chi connectivity index (χ1v) is 11.0. The van der Waals surface area contributed by atoms with Crippen molar-refractivity contribution in [1.29, 1.82) is 0 Å². The standard InChI is InChI=1S/C27H25N5O3/c1-17-8-9-20(25(33)30-21-11-10-18-6-4-5-7-19(18)14-21)15-24(17)32(3)27(35)31-22-12-13-29-23(16-22)26(34)28-2/h4-16H,1-3H3,(H,28,34)(H,30,33)(H,29,31,35). The van der Waals surface area contributed by atoms with E-state index in [4.69, 9.17) is 0 Å². The van der Waals surface area contributed by atoms with Crippen LogP contribution in [-0.2, 0) is 0 Å². The second-order valence-corrected chi connectivity index (χ2v) is 8.02. The fourth-order valence-electron chi connectivity index (χ4n) is 3.66. The van der Waals surface area contributed by atoms with Crippen LogP contribution in [0.4, 0.5) is 21.9 Å². The van der Waals surface area contributed by atoms with Gasteiger partial charge in [-0.25, -0.2) is 4.79 Å². The van der Waals surface area contributed by atoms with Gasteiger partial charge in [-0.3, -0.25) is 19.5 Å². The number of carbonyl (C=O) groups is 3. The monoisotopic (exact) mass is 467 g/mol. The van der Waals surface area contributed by atoms with E-state index in [1.54, 1.807) is 31.3 Å². The molecule has 1 aromatic heterocycles. The largest absolute Gasteiger partial charge is 0.354 e. The molecule has 0 saturated heterocycles. The third-order valence-corrected chi connectivity index (χ3v) is 5.62. The molecule has 4 amide bonds. The van der Waals surface area contributed by atoms with Crippen LogP contribution >= 0.6 is 0 Å². The van der Waals surface area contributed by atoms with Gasteiger partial charge in [0.05, 0.1) is 0 Å². The van der Waals surface area contributed by atoms with Gasteiger partial charge in [0.15, 0.2) is 0 Å². The van der Waals surface area contributed by atoms with Gasteiger partial charge in [-0.2, -0.15) is 0 Å². The zero-order valence-corrected chi connectivity index (χ0v) is 19.6. The number of nitrogens with zero attached hydrogens (tertiary/aromatic N) is 2. The molecule has 0 spiro atoms. The molecule has 0 saturated carbocycles. The molecule has 0 aliphatic heterocycles. The molecular weight excluding hydrogens is 442 g/mol. The SMILES string of the molecule is CNC(=O)c1cc(NC(=O)N(C)c2cc(C(=O)Nc3ccc4ccccc4c3)ccc2C)ccn1. The van der Waals surface area contributed by atoms with Gasteiger partial charge in [0.2, 0.25) is 0 Å². The van der Waals surface area contributed by atoms with E-state index >= 15 is 0 Å². The van der Waals surface area contributed by atoms with Gasteiger partial charge in [-0.1, -0.05) is 36.4 Å². The average Bonchev–Trinajstić information content (AvgIpc) is 2.88. The summed E-state index contributed by atoms with van der Waals surface area (Å²) in [4.78, 5) is 43.1. The van der Waals surface area contributed by atoms with Crippen molar-refractivity contribution in [3.05, 3.63) is 95.8 Å². The maximum Gasteiger partial charge on any atom is 0.326 e. The minimum absolute atomic E-state index is 0.191. The molecule has 0 bridgehead atoms. The van der Waals surface area contributed by atoms with Crippen molar-refractivity contribution in [2.75, 3.05) is 29.6 Å². The molecule has 4 rings (SSSR count). The molecule has 0 unspecified atom stereocenters. The van der Waals surface area contributed by atoms with Crippen LogP contribution in [0.1, 0.15) is 26.4 Å². The third kappa shape index (κ3) is 5.27. The Bertz CT molecular complexity index is 1430. The summed E-state index contributed by atoms with van der Waals surface area (Å²) in [5.41, 5.74) is 3.13. The quantitative estimate of drug-likeness (QED) is 0.391. The number of nitrogens with one attached hydrogen (secondary N) is 3. The molecule has 8 heteroatoms. The van der Waals surface area contributed by atoms with Crippen LogP contribution in [-0.4, -0.2) is 36.9 Å². The van der Waals surface area contributed by atoms with Gasteiger partial charge < -0.3 is 16.0 Å². The number of fused-ring (bicyclic) bond motifs is 1. The second-order valence-electron chi connectivity index (χ2n) is 8.02. The summed E-state index contributed by atoms with van der Waals surface area (Å²) in [5.74, 6) is -0.630. The van der Waals surface area contributed by atoms with Crippen LogP contribution in [0.3, 0.4) is 0 Å². The topological polar surface area (TPSA) is 103 Å². The number of hydrogen-bond acceptors (Lipinski definition) is 4. The minimum Gasteiger partial charge on any atom is -0.354 e. The number of pyridine rings is 1. The van der Waals surface area contributed by atoms with Crippen LogP contribution in [0.15, 0.2) is 79.0 Å². The number of amides is 4. The molecule has 176 valence electrons. The van der Waals surface area contributed by atoms with Crippen LogP contribution < -0.4 is 20.9 Å². The number of benzene rings is 3. The molecule has 0 fully saturated rings. The first-order valence-electron chi connectivity index (χ1n) is 11.0. The predicted octanol–water partition coefficient (Wildman–Crippen LogP) is 4.82. The Morgan fingerprint density at radius 2 is 1.54 bits per heavy atom. The summed E-state index contributed by atoms with van der Waals surface area (Å²) in [5, 5.41) is 10.3. The van der Waals surface area contributed by atoms with E-state index in [0.29, 0.717) is 22.6 Å². The second kappa shape index (κ2) is 10.0. The average molecular weight is 468 g/mol. The molecular formula is C27H25N5O3. The van der Waals surface area contributed by atoms with Crippen molar-refractivity contribution in [2.24, 2.45) is 0 Å². The molecule has 1 heterocycles. The number of hydrogen-bond donors (Lipinski definition) is 3. The highest BCUT2D eigenvalue weighted by Crippen LogP contribution is 2.24. The normalized spacial score (nSPS) is 10.5. The van der Waals surface area contributed by atoms with Gasteiger partial charge in [0, 0.05) is 42.9 Å². The molecule has 3 aromatic carbocycles. The number of urea groups is 1. The molecule has 35 heavy (non-hydrogen) atoms. The van der Waals surface area contributed by atoms with Crippen LogP contribution in [0.2, 0.25) is 0 Å². The highest BCUT2D eigenvalue weighted by atomic mass is 16.2. The predicted molar refractivity (Wildman–Crippen MR) is 138 cm³/mol.